The second-order valence-electron chi connectivity index (χ2n) is 10.5. The fourth-order valence-electron chi connectivity index (χ4n) is 6.12. The van der Waals surface area contributed by atoms with Crippen LogP contribution in [-0.2, 0) is 0 Å². The Hall–Kier alpha value is -5.92. The lowest BCUT2D eigenvalue weighted by Gasteiger charge is -2.20. The standard InChI is InChI=1S/C44H28O/c1-3-14-29(15-4-1)31-18-13-19-32(28-31)41-34-21-7-9-23-36(34)43(37-24-10-8-22-35(37)41)39-27-26-38-33-20-11-12-25-40(33)45-44(38)42(39)30-16-5-2-6-17-30/h1-28H/i1D,3D,4D,11D,12D,13D,14D,15D,18D,19D,20D,25D,26D,27D,28D. The lowest BCUT2D eigenvalue weighted by molar-refractivity contribution is 0.670. The second-order valence-corrected chi connectivity index (χ2v) is 10.5. The number of furan rings is 1. The minimum atomic E-state index is -0.679. The fourth-order valence-corrected chi connectivity index (χ4v) is 6.12. The molecule has 45 heavy (non-hydrogen) atoms. The molecule has 0 unspecified atom stereocenters. The topological polar surface area (TPSA) is 13.1 Å². The molecular formula is C44H28O. The summed E-state index contributed by atoms with van der Waals surface area (Å²) in [4.78, 5) is 0. The fraction of sp³-hybridized carbons (Fsp3) is 0. The van der Waals surface area contributed by atoms with E-state index in [1.165, 1.54) is 0 Å². The summed E-state index contributed by atoms with van der Waals surface area (Å²) in [6.45, 7) is 0. The van der Waals surface area contributed by atoms with E-state index in [1.54, 1.807) is 78.9 Å². The molecule has 0 spiro atoms. The van der Waals surface area contributed by atoms with Crippen molar-refractivity contribution in [2.75, 3.05) is 0 Å². The third-order valence-corrected chi connectivity index (χ3v) is 7.99. The summed E-state index contributed by atoms with van der Waals surface area (Å²) in [5.74, 6) is 0. The van der Waals surface area contributed by atoms with Crippen LogP contribution in [0.25, 0.3) is 88.0 Å². The molecule has 0 saturated carbocycles. The summed E-state index contributed by atoms with van der Waals surface area (Å²) in [6, 6.07) is 14.9. The lowest BCUT2D eigenvalue weighted by Crippen LogP contribution is -1.93. The van der Waals surface area contributed by atoms with Crippen LogP contribution in [0.3, 0.4) is 0 Å². The van der Waals surface area contributed by atoms with E-state index in [1.807, 2.05) is 0 Å². The Morgan fingerprint density at radius 3 is 1.71 bits per heavy atom. The largest absolute Gasteiger partial charge is 0.455 e. The first-order chi connectivity index (χ1) is 28.6. The number of fused-ring (bicyclic) bond motifs is 5. The highest BCUT2D eigenvalue weighted by Crippen LogP contribution is 2.49. The summed E-state index contributed by atoms with van der Waals surface area (Å²) in [5, 5.41) is 1.87. The number of para-hydroxylation sites is 1. The van der Waals surface area contributed by atoms with Crippen LogP contribution in [0.1, 0.15) is 20.6 Å². The van der Waals surface area contributed by atoms with Crippen molar-refractivity contribution in [1.29, 1.82) is 0 Å². The molecule has 0 radical (unpaired) electrons. The molecule has 0 atom stereocenters. The first-order valence-electron chi connectivity index (χ1n) is 21.7. The molecule has 1 heteroatoms. The molecule has 1 aromatic heterocycles. The molecule has 9 rings (SSSR count). The summed E-state index contributed by atoms with van der Waals surface area (Å²) < 4.78 is 139. The molecule has 0 bridgehead atoms. The van der Waals surface area contributed by atoms with Gasteiger partial charge in [0, 0.05) is 16.3 Å². The maximum atomic E-state index is 9.73. The Kier molecular flexibility index (Phi) is 3.39. The lowest BCUT2D eigenvalue weighted by atomic mass is 9.83. The average molecular weight is 588 g/mol. The highest BCUT2D eigenvalue weighted by atomic mass is 16.3. The van der Waals surface area contributed by atoms with E-state index in [9.17, 15) is 5.48 Å². The minimum Gasteiger partial charge on any atom is -0.455 e. The van der Waals surface area contributed by atoms with Gasteiger partial charge in [-0.1, -0.05) is 151 Å². The van der Waals surface area contributed by atoms with Gasteiger partial charge in [0.05, 0.1) is 20.6 Å². The third-order valence-electron chi connectivity index (χ3n) is 7.99. The van der Waals surface area contributed by atoms with Gasteiger partial charge >= 0.3 is 0 Å². The molecule has 0 saturated heterocycles. The van der Waals surface area contributed by atoms with Gasteiger partial charge in [0.25, 0.3) is 0 Å². The first-order valence-corrected chi connectivity index (χ1v) is 14.2. The Bertz CT molecular complexity index is 3290. The number of hydrogen-bond donors (Lipinski definition) is 0. The van der Waals surface area contributed by atoms with Crippen molar-refractivity contribution in [3.05, 3.63) is 169 Å². The van der Waals surface area contributed by atoms with Crippen LogP contribution in [0.2, 0.25) is 0 Å². The van der Waals surface area contributed by atoms with Crippen molar-refractivity contribution >= 4 is 43.5 Å². The number of benzene rings is 8. The van der Waals surface area contributed by atoms with Crippen LogP contribution in [0.4, 0.5) is 0 Å². The molecule has 0 aliphatic carbocycles. The van der Waals surface area contributed by atoms with E-state index in [0.717, 1.165) is 0 Å². The molecule has 9 aromatic rings. The molecule has 0 amide bonds. The van der Waals surface area contributed by atoms with E-state index in [-0.39, 0.29) is 50.7 Å². The van der Waals surface area contributed by atoms with E-state index in [2.05, 4.69) is 0 Å². The van der Waals surface area contributed by atoms with Crippen molar-refractivity contribution in [2.24, 2.45) is 0 Å². The van der Waals surface area contributed by atoms with Gasteiger partial charge in [0.15, 0.2) is 0 Å². The van der Waals surface area contributed by atoms with Gasteiger partial charge < -0.3 is 4.42 Å². The van der Waals surface area contributed by atoms with Gasteiger partial charge in [-0.2, -0.15) is 0 Å². The van der Waals surface area contributed by atoms with Gasteiger partial charge in [0.2, 0.25) is 0 Å². The van der Waals surface area contributed by atoms with Gasteiger partial charge in [0.1, 0.15) is 11.2 Å². The quantitative estimate of drug-likeness (QED) is 0.187. The van der Waals surface area contributed by atoms with Crippen molar-refractivity contribution in [3.8, 4) is 44.5 Å². The van der Waals surface area contributed by atoms with Gasteiger partial charge in [-0.15, -0.1) is 0 Å². The summed E-state index contributed by atoms with van der Waals surface area (Å²) in [7, 11) is 0. The zero-order valence-corrected chi connectivity index (χ0v) is 23.4. The SMILES string of the molecule is [2H]c1c([2H])c([2H])c(-c2c([2H])c([2H])c([2H])c(-c3c4ccccc4c(-c4c([2H])c([2H])c5c(oc6c([2H])c([2H])c([2H])c([2H])c65)c4-c4ccccc4)c4ccccc34)c2[2H])c([2H])c1[2H]. The van der Waals surface area contributed by atoms with Crippen LogP contribution in [0, 0.1) is 0 Å². The highest BCUT2D eigenvalue weighted by molar-refractivity contribution is 6.24. The van der Waals surface area contributed by atoms with Crippen LogP contribution < -0.4 is 0 Å². The maximum absolute atomic E-state index is 9.73. The molecular weight excluding hydrogens is 544 g/mol. The molecule has 0 aliphatic rings. The van der Waals surface area contributed by atoms with E-state index in [0.29, 0.717) is 38.2 Å². The van der Waals surface area contributed by atoms with Crippen molar-refractivity contribution < 1.29 is 25.0 Å². The summed E-state index contributed by atoms with van der Waals surface area (Å²) in [6.07, 6.45) is 0. The van der Waals surface area contributed by atoms with E-state index < -0.39 is 89.7 Å². The Labute approximate surface area is 282 Å². The molecule has 1 nitrogen and oxygen atoms in total. The summed E-state index contributed by atoms with van der Waals surface area (Å²) >= 11 is 0. The van der Waals surface area contributed by atoms with Crippen molar-refractivity contribution in [1.82, 2.24) is 0 Å². The van der Waals surface area contributed by atoms with Crippen LogP contribution in [-0.4, -0.2) is 0 Å². The zero-order chi connectivity index (χ0) is 42.8. The highest BCUT2D eigenvalue weighted by Gasteiger charge is 2.22. The number of hydrogen-bond acceptors (Lipinski definition) is 1. The minimum absolute atomic E-state index is 0.0202. The molecule has 210 valence electrons. The van der Waals surface area contributed by atoms with Crippen LogP contribution in [0.15, 0.2) is 174 Å². The third kappa shape index (κ3) is 4.09. The normalized spacial score (nSPS) is 16.2. The molecule has 0 N–H and O–H groups in total. The average Bonchev–Trinajstić information content (AvgIpc) is 3.66. The monoisotopic (exact) mass is 587 g/mol. The maximum Gasteiger partial charge on any atom is 0.143 e. The molecule has 0 fully saturated rings. The van der Waals surface area contributed by atoms with Gasteiger partial charge in [-0.25, -0.2) is 0 Å². The number of rotatable bonds is 4. The predicted molar refractivity (Wildman–Crippen MR) is 190 cm³/mol. The van der Waals surface area contributed by atoms with Crippen LogP contribution in [0.5, 0.6) is 0 Å². The van der Waals surface area contributed by atoms with Gasteiger partial charge in [-0.3, -0.25) is 0 Å². The predicted octanol–water partition coefficient (Wildman–Crippen LogP) is 12.6. The van der Waals surface area contributed by atoms with E-state index >= 15 is 0 Å². The Balaban J connectivity index is 1.48. The van der Waals surface area contributed by atoms with Crippen molar-refractivity contribution in [3.63, 3.8) is 0 Å². The van der Waals surface area contributed by atoms with Crippen LogP contribution >= 0.6 is 0 Å². The Morgan fingerprint density at radius 1 is 0.378 bits per heavy atom. The smallest absolute Gasteiger partial charge is 0.143 e. The Morgan fingerprint density at radius 2 is 0.978 bits per heavy atom. The molecule has 0 aliphatic heterocycles. The summed E-state index contributed by atoms with van der Waals surface area (Å²) in [5.41, 5.74) is 0.850. The molecule has 8 aromatic carbocycles. The first kappa shape index (κ1) is 14.7. The molecule has 1 heterocycles. The second kappa shape index (κ2) is 10.4. The van der Waals surface area contributed by atoms with E-state index in [4.69, 9.17) is 19.5 Å². The zero-order valence-electron chi connectivity index (χ0n) is 38.4. The van der Waals surface area contributed by atoms with Gasteiger partial charge in [-0.05, 0) is 78.6 Å². The van der Waals surface area contributed by atoms with Crippen molar-refractivity contribution in [2.45, 2.75) is 0 Å².